The molecule has 0 radical (unpaired) electrons. The van der Waals surface area contributed by atoms with Gasteiger partial charge in [0, 0.05) is 17.6 Å². The lowest BCUT2D eigenvalue weighted by atomic mass is 10.1. The molecule has 0 fully saturated rings. The van der Waals surface area contributed by atoms with E-state index in [0.717, 1.165) is 18.0 Å². The smallest absolute Gasteiger partial charge is 0.127 e. The molecule has 2 aromatic carbocycles. The van der Waals surface area contributed by atoms with Crippen molar-refractivity contribution >= 4 is 11.6 Å². The van der Waals surface area contributed by atoms with Crippen LogP contribution in [0, 0.1) is 6.92 Å². The Morgan fingerprint density at radius 2 is 1.70 bits per heavy atom. The molecule has 0 saturated carbocycles. The molecule has 0 heterocycles. The Labute approximate surface area is 125 Å². The molecular formula is C17H20ClNO. The first-order chi connectivity index (χ1) is 9.54. The molecule has 106 valence electrons. The van der Waals surface area contributed by atoms with Crippen LogP contribution in [0.15, 0.2) is 42.5 Å². The third-order valence-electron chi connectivity index (χ3n) is 3.06. The molecule has 0 aliphatic heterocycles. The lowest BCUT2D eigenvalue weighted by Crippen LogP contribution is -2.22. The van der Waals surface area contributed by atoms with Crippen molar-refractivity contribution in [3.63, 3.8) is 0 Å². The number of ether oxygens (including phenoxy) is 1. The number of benzene rings is 2. The summed E-state index contributed by atoms with van der Waals surface area (Å²) >= 11 is 5.86. The van der Waals surface area contributed by atoms with Crippen LogP contribution < -0.4 is 10.1 Å². The monoisotopic (exact) mass is 289 g/mol. The summed E-state index contributed by atoms with van der Waals surface area (Å²) in [5.41, 5.74) is 2.52. The van der Waals surface area contributed by atoms with Gasteiger partial charge >= 0.3 is 0 Å². The van der Waals surface area contributed by atoms with Gasteiger partial charge in [-0.3, -0.25) is 0 Å². The fourth-order valence-corrected chi connectivity index (χ4v) is 2.01. The summed E-state index contributed by atoms with van der Waals surface area (Å²) in [6.45, 7) is 7.28. The maximum atomic E-state index is 5.86. The second kappa shape index (κ2) is 6.78. The van der Waals surface area contributed by atoms with Gasteiger partial charge in [0.05, 0.1) is 0 Å². The van der Waals surface area contributed by atoms with Gasteiger partial charge in [0.2, 0.25) is 0 Å². The highest BCUT2D eigenvalue weighted by Crippen LogP contribution is 2.25. The lowest BCUT2D eigenvalue weighted by Gasteiger charge is -2.12. The van der Waals surface area contributed by atoms with Gasteiger partial charge in [0.25, 0.3) is 0 Å². The molecule has 3 heteroatoms. The summed E-state index contributed by atoms with van der Waals surface area (Å²) in [6.07, 6.45) is 0. The van der Waals surface area contributed by atoms with Gasteiger partial charge in [-0.15, -0.1) is 0 Å². The van der Waals surface area contributed by atoms with E-state index in [2.05, 4.69) is 38.2 Å². The van der Waals surface area contributed by atoms with Crippen LogP contribution in [0.3, 0.4) is 0 Å². The van der Waals surface area contributed by atoms with Crippen molar-refractivity contribution in [2.24, 2.45) is 0 Å². The Morgan fingerprint density at radius 3 is 2.30 bits per heavy atom. The average Bonchev–Trinajstić information content (AvgIpc) is 2.40. The van der Waals surface area contributed by atoms with Gasteiger partial charge in [-0.2, -0.15) is 0 Å². The highest BCUT2D eigenvalue weighted by atomic mass is 35.5. The van der Waals surface area contributed by atoms with Crippen molar-refractivity contribution in [2.75, 3.05) is 0 Å². The maximum Gasteiger partial charge on any atom is 0.127 e. The number of hydrogen-bond acceptors (Lipinski definition) is 2. The lowest BCUT2D eigenvalue weighted by molar-refractivity contribution is 0.481. The van der Waals surface area contributed by atoms with Crippen LogP contribution in [0.2, 0.25) is 5.02 Å². The van der Waals surface area contributed by atoms with E-state index < -0.39 is 0 Å². The van der Waals surface area contributed by atoms with Gasteiger partial charge in [-0.1, -0.05) is 31.5 Å². The largest absolute Gasteiger partial charge is 0.457 e. The molecule has 0 amide bonds. The van der Waals surface area contributed by atoms with Crippen molar-refractivity contribution in [2.45, 2.75) is 33.4 Å². The first-order valence-electron chi connectivity index (χ1n) is 6.81. The number of nitrogens with one attached hydrogen (secondary N) is 1. The van der Waals surface area contributed by atoms with Crippen molar-refractivity contribution in [1.29, 1.82) is 0 Å². The van der Waals surface area contributed by atoms with Crippen molar-refractivity contribution < 1.29 is 4.74 Å². The summed E-state index contributed by atoms with van der Waals surface area (Å²) in [6, 6.07) is 14.0. The molecule has 0 aliphatic carbocycles. The molecule has 1 N–H and O–H groups in total. The van der Waals surface area contributed by atoms with Crippen LogP contribution in [0.1, 0.15) is 25.0 Å². The molecule has 20 heavy (non-hydrogen) atoms. The first kappa shape index (κ1) is 14.9. The minimum absolute atomic E-state index is 0.486. The molecule has 2 rings (SSSR count). The van der Waals surface area contributed by atoms with Crippen LogP contribution in [0.25, 0.3) is 0 Å². The fourth-order valence-electron chi connectivity index (χ4n) is 1.88. The summed E-state index contributed by atoms with van der Waals surface area (Å²) in [5.74, 6) is 1.64. The van der Waals surface area contributed by atoms with E-state index in [0.29, 0.717) is 11.1 Å². The molecule has 0 unspecified atom stereocenters. The molecule has 0 aliphatic rings. The van der Waals surface area contributed by atoms with Crippen molar-refractivity contribution in [3.05, 3.63) is 58.6 Å². The Bertz CT molecular complexity index is 564. The predicted molar refractivity (Wildman–Crippen MR) is 84.7 cm³/mol. The third-order valence-corrected chi connectivity index (χ3v) is 3.32. The number of hydrogen-bond donors (Lipinski definition) is 1. The quantitative estimate of drug-likeness (QED) is 0.842. The molecule has 2 nitrogen and oxygen atoms in total. The van der Waals surface area contributed by atoms with E-state index in [1.807, 2.05) is 30.3 Å². The first-order valence-corrected chi connectivity index (χ1v) is 7.19. The molecule has 0 spiro atoms. The second-order valence-electron chi connectivity index (χ2n) is 5.18. The van der Waals surface area contributed by atoms with Crippen molar-refractivity contribution in [3.8, 4) is 11.5 Å². The Balaban J connectivity index is 2.06. The van der Waals surface area contributed by atoms with Crippen LogP contribution in [0.5, 0.6) is 11.5 Å². The second-order valence-corrected chi connectivity index (χ2v) is 5.62. The number of halogens is 1. The predicted octanol–water partition coefficient (Wildman–Crippen LogP) is 4.94. The van der Waals surface area contributed by atoms with Gasteiger partial charge in [-0.05, 0) is 54.4 Å². The standard InChI is InChI=1S/C17H20ClNO/c1-12(2)19-11-14-4-7-17(10-13(14)3)20-16-8-5-15(18)6-9-16/h4-10,12,19H,11H2,1-3H3. The minimum atomic E-state index is 0.486. The normalized spacial score (nSPS) is 10.8. The van der Waals surface area contributed by atoms with Crippen LogP contribution >= 0.6 is 11.6 Å². The fraction of sp³-hybridized carbons (Fsp3) is 0.294. The zero-order valence-corrected chi connectivity index (χ0v) is 12.9. The zero-order valence-electron chi connectivity index (χ0n) is 12.1. The van der Waals surface area contributed by atoms with Gasteiger partial charge in [0.15, 0.2) is 0 Å². The van der Waals surface area contributed by atoms with Crippen LogP contribution in [-0.4, -0.2) is 6.04 Å². The van der Waals surface area contributed by atoms with Gasteiger partial charge < -0.3 is 10.1 Å². The van der Waals surface area contributed by atoms with E-state index in [4.69, 9.17) is 16.3 Å². The molecule has 0 aromatic heterocycles. The average molecular weight is 290 g/mol. The Morgan fingerprint density at radius 1 is 1.05 bits per heavy atom. The summed E-state index contributed by atoms with van der Waals surface area (Å²) < 4.78 is 5.82. The van der Waals surface area contributed by atoms with E-state index in [-0.39, 0.29) is 0 Å². The van der Waals surface area contributed by atoms with Gasteiger partial charge in [0.1, 0.15) is 11.5 Å². The van der Waals surface area contributed by atoms with E-state index in [1.54, 1.807) is 0 Å². The van der Waals surface area contributed by atoms with E-state index in [1.165, 1.54) is 11.1 Å². The van der Waals surface area contributed by atoms with E-state index >= 15 is 0 Å². The summed E-state index contributed by atoms with van der Waals surface area (Å²) in [4.78, 5) is 0. The minimum Gasteiger partial charge on any atom is -0.457 e. The number of rotatable bonds is 5. The van der Waals surface area contributed by atoms with Crippen LogP contribution in [-0.2, 0) is 6.54 Å². The topological polar surface area (TPSA) is 21.3 Å². The molecule has 2 aromatic rings. The highest BCUT2D eigenvalue weighted by Gasteiger charge is 2.03. The summed E-state index contributed by atoms with van der Waals surface area (Å²) in [5, 5.41) is 4.13. The SMILES string of the molecule is Cc1cc(Oc2ccc(Cl)cc2)ccc1CNC(C)C. The van der Waals surface area contributed by atoms with E-state index in [9.17, 15) is 0 Å². The molecule has 0 saturated heterocycles. The third kappa shape index (κ3) is 4.26. The summed E-state index contributed by atoms with van der Waals surface area (Å²) in [7, 11) is 0. The molecular weight excluding hydrogens is 270 g/mol. The highest BCUT2D eigenvalue weighted by molar-refractivity contribution is 6.30. The van der Waals surface area contributed by atoms with Crippen molar-refractivity contribution in [1.82, 2.24) is 5.32 Å². The van der Waals surface area contributed by atoms with Crippen LogP contribution in [0.4, 0.5) is 0 Å². The maximum absolute atomic E-state index is 5.86. The van der Waals surface area contributed by atoms with Gasteiger partial charge in [-0.25, -0.2) is 0 Å². The Kier molecular flexibility index (Phi) is 5.05. The zero-order chi connectivity index (χ0) is 14.5. The Hall–Kier alpha value is -1.51. The molecule has 0 atom stereocenters. The number of aryl methyl sites for hydroxylation is 1. The molecule has 0 bridgehead atoms.